The van der Waals surface area contributed by atoms with Crippen LogP contribution in [0.2, 0.25) is 0 Å². The minimum Gasteiger partial charge on any atom is -0.370 e. The van der Waals surface area contributed by atoms with Crippen LogP contribution in [0.1, 0.15) is 28.4 Å². The number of hydrogen-bond donors (Lipinski definition) is 2. The van der Waals surface area contributed by atoms with Gasteiger partial charge >= 0.3 is 0 Å². The molecule has 0 aliphatic heterocycles. The number of carbonyl (C=O) groups is 1. The van der Waals surface area contributed by atoms with E-state index in [4.69, 9.17) is 0 Å². The molecule has 0 aliphatic carbocycles. The minimum atomic E-state index is -0.134. The molecular formula is C16H18BrN3O. The Bertz CT molecular complexity index is 647. The van der Waals surface area contributed by atoms with Crippen LogP contribution in [0.25, 0.3) is 0 Å². The lowest BCUT2D eigenvalue weighted by Gasteiger charge is -2.13. The summed E-state index contributed by atoms with van der Waals surface area (Å²) in [4.78, 5) is 16.5. The predicted octanol–water partition coefficient (Wildman–Crippen LogP) is 4.15. The van der Waals surface area contributed by atoms with Crippen molar-refractivity contribution in [3.8, 4) is 0 Å². The number of hydrogen-bond acceptors (Lipinski definition) is 3. The fourth-order valence-electron chi connectivity index (χ4n) is 2.14. The van der Waals surface area contributed by atoms with Crippen molar-refractivity contribution in [3.05, 3.63) is 51.6 Å². The Kier molecular flexibility index (Phi) is 4.96. The van der Waals surface area contributed by atoms with Crippen LogP contribution in [0, 0.1) is 13.8 Å². The van der Waals surface area contributed by atoms with Crippen molar-refractivity contribution >= 4 is 33.3 Å². The zero-order chi connectivity index (χ0) is 15.4. The minimum absolute atomic E-state index is 0.134. The highest BCUT2D eigenvalue weighted by Crippen LogP contribution is 2.25. The lowest BCUT2D eigenvalue weighted by Crippen LogP contribution is -2.14. The molecule has 0 saturated heterocycles. The van der Waals surface area contributed by atoms with E-state index in [0.29, 0.717) is 11.4 Å². The molecule has 0 radical (unpaired) electrons. The van der Waals surface area contributed by atoms with Gasteiger partial charge in [0.05, 0.1) is 0 Å². The van der Waals surface area contributed by atoms with Gasteiger partial charge in [0.15, 0.2) is 0 Å². The van der Waals surface area contributed by atoms with Crippen LogP contribution >= 0.6 is 15.9 Å². The summed E-state index contributed by atoms with van der Waals surface area (Å²) in [6.07, 6.45) is 1.63. The second-order valence-electron chi connectivity index (χ2n) is 4.83. The zero-order valence-electron chi connectivity index (χ0n) is 12.3. The van der Waals surface area contributed by atoms with Gasteiger partial charge in [-0.3, -0.25) is 4.79 Å². The summed E-state index contributed by atoms with van der Waals surface area (Å²) in [7, 11) is 0. The fourth-order valence-corrected chi connectivity index (χ4v) is 2.83. The number of halogens is 1. The van der Waals surface area contributed by atoms with Crippen LogP contribution in [-0.2, 0) is 0 Å². The molecule has 1 amide bonds. The number of rotatable bonds is 4. The Morgan fingerprint density at radius 3 is 2.52 bits per heavy atom. The Morgan fingerprint density at radius 1 is 1.24 bits per heavy atom. The molecule has 110 valence electrons. The van der Waals surface area contributed by atoms with E-state index in [1.807, 2.05) is 32.9 Å². The van der Waals surface area contributed by atoms with Crippen molar-refractivity contribution in [1.82, 2.24) is 4.98 Å². The number of aromatic nitrogens is 1. The monoisotopic (exact) mass is 347 g/mol. The molecule has 1 aromatic carbocycles. The smallest absolute Gasteiger partial charge is 0.255 e. The van der Waals surface area contributed by atoms with Crippen molar-refractivity contribution < 1.29 is 4.79 Å². The van der Waals surface area contributed by atoms with Crippen molar-refractivity contribution in [2.75, 3.05) is 17.2 Å². The summed E-state index contributed by atoms with van der Waals surface area (Å²) >= 11 is 3.46. The molecule has 1 heterocycles. The second kappa shape index (κ2) is 6.72. The largest absolute Gasteiger partial charge is 0.370 e. The molecule has 0 unspecified atom stereocenters. The Morgan fingerprint density at radius 2 is 1.90 bits per heavy atom. The first-order valence-electron chi connectivity index (χ1n) is 6.79. The molecule has 2 N–H and O–H groups in total. The average Bonchev–Trinajstić information content (AvgIpc) is 2.43. The number of nitrogens with zero attached hydrogens (tertiary/aromatic N) is 1. The van der Waals surface area contributed by atoms with Crippen LogP contribution in [0.4, 0.5) is 11.5 Å². The Balaban J connectivity index is 2.24. The van der Waals surface area contributed by atoms with Gasteiger partial charge in [0.2, 0.25) is 0 Å². The van der Waals surface area contributed by atoms with Gasteiger partial charge in [-0.05, 0) is 56.2 Å². The third-order valence-electron chi connectivity index (χ3n) is 3.12. The number of carbonyl (C=O) groups excluding carboxylic acids is 1. The third kappa shape index (κ3) is 3.82. The summed E-state index contributed by atoms with van der Waals surface area (Å²) in [6, 6.07) is 7.43. The van der Waals surface area contributed by atoms with E-state index in [-0.39, 0.29) is 5.91 Å². The molecule has 4 nitrogen and oxygen atoms in total. The first-order valence-corrected chi connectivity index (χ1v) is 7.58. The first kappa shape index (κ1) is 15.5. The van der Waals surface area contributed by atoms with E-state index in [1.165, 1.54) is 0 Å². The van der Waals surface area contributed by atoms with Crippen molar-refractivity contribution in [1.29, 1.82) is 0 Å². The Labute approximate surface area is 133 Å². The number of benzene rings is 1. The number of pyridine rings is 1. The molecule has 0 fully saturated rings. The summed E-state index contributed by atoms with van der Waals surface area (Å²) in [5, 5.41) is 6.08. The highest BCUT2D eigenvalue weighted by molar-refractivity contribution is 9.10. The van der Waals surface area contributed by atoms with E-state index in [9.17, 15) is 4.79 Å². The maximum atomic E-state index is 12.4. The standard InChI is InChI=1S/C16H18BrN3O/c1-4-18-14-9-12(5-6-19-14)16(21)20-15-10(2)7-13(17)8-11(15)3/h5-9H,4H2,1-3H3,(H,18,19)(H,20,21). The molecule has 0 spiro atoms. The highest BCUT2D eigenvalue weighted by Gasteiger charge is 2.11. The SMILES string of the molecule is CCNc1cc(C(=O)Nc2c(C)cc(Br)cc2C)ccn1. The van der Waals surface area contributed by atoms with Gasteiger partial charge in [-0.15, -0.1) is 0 Å². The number of nitrogens with one attached hydrogen (secondary N) is 2. The van der Waals surface area contributed by atoms with E-state index in [2.05, 4.69) is 31.5 Å². The molecule has 0 bridgehead atoms. The maximum Gasteiger partial charge on any atom is 0.255 e. The van der Waals surface area contributed by atoms with Gasteiger partial charge in [-0.1, -0.05) is 15.9 Å². The lowest BCUT2D eigenvalue weighted by atomic mass is 10.1. The fraction of sp³-hybridized carbons (Fsp3) is 0.250. The molecule has 2 aromatic rings. The second-order valence-corrected chi connectivity index (χ2v) is 5.74. The predicted molar refractivity (Wildman–Crippen MR) is 90.0 cm³/mol. The topological polar surface area (TPSA) is 54.0 Å². The average molecular weight is 348 g/mol. The molecule has 1 aromatic heterocycles. The molecule has 21 heavy (non-hydrogen) atoms. The zero-order valence-corrected chi connectivity index (χ0v) is 13.9. The van der Waals surface area contributed by atoms with Gasteiger partial charge in [0.1, 0.15) is 5.82 Å². The van der Waals surface area contributed by atoms with E-state index in [0.717, 1.165) is 27.8 Å². The van der Waals surface area contributed by atoms with Crippen LogP contribution in [0.5, 0.6) is 0 Å². The molecule has 0 aliphatic rings. The summed E-state index contributed by atoms with van der Waals surface area (Å²) in [5.41, 5.74) is 3.49. The lowest BCUT2D eigenvalue weighted by molar-refractivity contribution is 0.102. The molecular weight excluding hydrogens is 330 g/mol. The van der Waals surface area contributed by atoms with Crippen molar-refractivity contribution in [3.63, 3.8) is 0 Å². The molecule has 5 heteroatoms. The summed E-state index contributed by atoms with van der Waals surface area (Å²) in [5.74, 6) is 0.569. The number of anilines is 2. The molecule has 0 saturated carbocycles. The van der Waals surface area contributed by atoms with Crippen LogP contribution in [-0.4, -0.2) is 17.4 Å². The third-order valence-corrected chi connectivity index (χ3v) is 3.57. The normalized spacial score (nSPS) is 10.3. The Hall–Kier alpha value is -1.88. The van der Waals surface area contributed by atoms with Gasteiger partial charge in [-0.25, -0.2) is 4.98 Å². The van der Waals surface area contributed by atoms with Gasteiger partial charge < -0.3 is 10.6 Å². The highest BCUT2D eigenvalue weighted by atomic mass is 79.9. The van der Waals surface area contributed by atoms with Crippen LogP contribution in [0.15, 0.2) is 34.9 Å². The number of amides is 1. The van der Waals surface area contributed by atoms with Gasteiger partial charge in [0, 0.05) is 28.5 Å². The van der Waals surface area contributed by atoms with Crippen molar-refractivity contribution in [2.24, 2.45) is 0 Å². The maximum absolute atomic E-state index is 12.4. The van der Waals surface area contributed by atoms with Crippen LogP contribution < -0.4 is 10.6 Å². The van der Waals surface area contributed by atoms with E-state index >= 15 is 0 Å². The number of aryl methyl sites for hydroxylation is 2. The van der Waals surface area contributed by atoms with Crippen LogP contribution in [0.3, 0.4) is 0 Å². The van der Waals surface area contributed by atoms with Crippen molar-refractivity contribution in [2.45, 2.75) is 20.8 Å². The van der Waals surface area contributed by atoms with Gasteiger partial charge in [-0.2, -0.15) is 0 Å². The van der Waals surface area contributed by atoms with E-state index < -0.39 is 0 Å². The quantitative estimate of drug-likeness (QED) is 0.873. The molecule has 2 rings (SSSR count). The molecule has 0 atom stereocenters. The first-order chi connectivity index (χ1) is 10.0. The van der Waals surface area contributed by atoms with Gasteiger partial charge in [0.25, 0.3) is 5.91 Å². The summed E-state index contributed by atoms with van der Waals surface area (Å²) < 4.78 is 1.01. The summed E-state index contributed by atoms with van der Waals surface area (Å²) in [6.45, 7) is 6.71. The van der Waals surface area contributed by atoms with E-state index in [1.54, 1.807) is 18.3 Å².